The van der Waals surface area contributed by atoms with Crippen molar-refractivity contribution in [3.63, 3.8) is 0 Å². The van der Waals surface area contributed by atoms with Gasteiger partial charge < -0.3 is 39.9 Å². The molecule has 0 aliphatic heterocycles. The van der Waals surface area contributed by atoms with Gasteiger partial charge in [0.25, 0.3) is 0 Å². The van der Waals surface area contributed by atoms with Crippen LogP contribution in [-0.2, 0) is 32.0 Å². The Morgan fingerprint density at radius 3 is 2.47 bits per heavy atom. The van der Waals surface area contributed by atoms with E-state index in [2.05, 4.69) is 20.9 Å². The molecule has 49 heavy (non-hydrogen) atoms. The van der Waals surface area contributed by atoms with E-state index in [-0.39, 0.29) is 30.1 Å². The van der Waals surface area contributed by atoms with Crippen LogP contribution in [0.4, 0.5) is 5.69 Å². The van der Waals surface area contributed by atoms with Crippen molar-refractivity contribution in [1.29, 1.82) is 0 Å². The molecule has 4 aromatic rings. The molecule has 1 aliphatic rings. The van der Waals surface area contributed by atoms with Gasteiger partial charge >= 0.3 is 5.97 Å². The molecule has 1 heterocycles. The fourth-order valence-corrected chi connectivity index (χ4v) is 6.45. The molecule has 2 unspecified atom stereocenters. The molecule has 1 aromatic heterocycles. The van der Waals surface area contributed by atoms with E-state index in [0.717, 1.165) is 33.2 Å². The third-order valence-corrected chi connectivity index (χ3v) is 8.73. The van der Waals surface area contributed by atoms with Crippen LogP contribution < -0.4 is 35.6 Å². The Hall–Kier alpha value is -5.52. The SMILES string of the molecule is COC(=O)C(Cc1c[nH]c2ccccc12)NC(=O)CCCNc1ccc2c(cc1=O)C(NC(C)=O)CCc1cc(OC)c(OC)c(OC)c1-2. The zero-order valence-corrected chi connectivity index (χ0v) is 28.4. The molecule has 4 N–H and O–H groups in total. The van der Waals surface area contributed by atoms with Gasteiger partial charge in [-0.05, 0) is 65.8 Å². The van der Waals surface area contributed by atoms with Crippen molar-refractivity contribution in [3.05, 3.63) is 81.6 Å². The maximum atomic E-state index is 13.6. The number of para-hydroxylation sites is 1. The molecule has 12 nitrogen and oxygen atoms in total. The Labute approximate surface area is 284 Å². The number of aryl methyl sites for hydroxylation is 1. The molecule has 2 atom stereocenters. The Morgan fingerprint density at radius 1 is 0.980 bits per heavy atom. The van der Waals surface area contributed by atoms with Gasteiger partial charge in [0.1, 0.15) is 6.04 Å². The number of rotatable bonds is 13. The minimum absolute atomic E-state index is 0.120. The molecule has 0 saturated carbocycles. The number of nitrogens with one attached hydrogen (secondary N) is 4. The summed E-state index contributed by atoms with van der Waals surface area (Å²) in [6.07, 6.45) is 3.76. The van der Waals surface area contributed by atoms with Gasteiger partial charge in [-0.15, -0.1) is 0 Å². The number of hydrogen-bond acceptors (Lipinski definition) is 9. The van der Waals surface area contributed by atoms with Crippen molar-refractivity contribution in [3.8, 4) is 28.4 Å². The molecule has 0 saturated heterocycles. The van der Waals surface area contributed by atoms with Crippen LogP contribution in [0.1, 0.15) is 48.9 Å². The number of fused-ring (bicyclic) bond motifs is 4. The number of anilines is 1. The highest BCUT2D eigenvalue weighted by Crippen LogP contribution is 2.50. The Morgan fingerprint density at radius 2 is 1.76 bits per heavy atom. The summed E-state index contributed by atoms with van der Waals surface area (Å²) < 4.78 is 22.0. The molecule has 0 radical (unpaired) electrons. The van der Waals surface area contributed by atoms with Gasteiger partial charge in [-0.25, -0.2) is 4.79 Å². The highest BCUT2D eigenvalue weighted by atomic mass is 16.5. The normalized spacial score (nSPS) is 14.0. The lowest BCUT2D eigenvalue weighted by Crippen LogP contribution is -2.43. The molecule has 1 aliphatic carbocycles. The van der Waals surface area contributed by atoms with E-state index in [0.29, 0.717) is 54.3 Å². The summed E-state index contributed by atoms with van der Waals surface area (Å²) in [6.45, 7) is 1.77. The topological polar surface area (TPSA) is 157 Å². The van der Waals surface area contributed by atoms with Crippen molar-refractivity contribution < 1.29 is 33.3 Å². The van der Waals surface area contributed by atoms with Crippen LogP contribution in [-0.4, -0.2) is 63.8 Å². The van der Waals surface area contributed by atoms with Crippen molar-refractivity contribution >= 4 is 34.4 Å². The second-order valence-electron chi connectivity index (χ2n) is 11.8. The third-order valence-electron chi connectivity index (χ3n) is 8.73. The Bertz CT molecular complexity index is 1920. The number of esters is 1. The smallest absolute Gasteiger partial charge is 0.328 e. The number of aromatic amines is 1. The second-order valence-corrected chi connectivity index (χ2v) is 11.8. The standard InChI is InChI=1S/C37H42N4O8/c1-21(42)40-28-14-12-22-18-32(46-2)35(47-3)36(48-4)34(22)25-13-15-29(31(43)19-26(25)28)38-16-8-11-33(44)41-30(37(45)49-5)17-23-20-39-27-10-7-6-9-24(23)27/h6-7,9-10,13,15,18-20,28,30,39H,8,11-12,14,16-17H2,1-5H3,(H,38,43)(H,40,42)(H,41,44). The molecule has 0 spiro atoms. The number of hydrogen-bond donors (Lipinski definition) is 4. The lowest BCUT2D eigenvalue weighted by Gasteiger charge is -2.19. The number of amides is 2. The Balaban J connectivity index is 1.33. The average molecular weight is 671 g/mol. The number of benzene rings is 2. The van der Waals surface area contributed by atoms with Gasteiger partial charge in [-0.3, -0.25) is 14.4 Å². The van der Waals surface area contributed by atoms with Crippen LogP contribution in [0.15, 0.2) is 59.5 Å². The summed E-state index contributed by atoms with van der Waals surface area (Å²) in [6, 6.07) is 13.4. The molecule has 0 fully saturated rings. The second kappa shape index (κ2) is 15.6. The largest absolute Gasteiger partial charge is 0.493 e. The molecule has 0 bridgehead atoms. The molecule has 12 heteroatoms. The fraction of sp³-hybridized carbons (Fsp3) is 0.351. The van der Waals surface area contributed by atoms with Crippen LogP contribution in [0.5, 0.6) is 17.2 Å². The monoisotopic (exact) mass is 670 g/mol. The number of carbonyl (C=O) groups excluding carboxylic acids is 3. The summed E-state index contributed by atoms with van der Waals surface area (Å²) in [5.74, 6) is 0.358. The minimum Gasteiger partial charge on any atom is -0.493 e. The van der Waals surface area contributed by atoms with Crippen LogP contribution in [0.25, 0.3) is 22.0 Å². The highest BCUT2D eigenvalue weighted by Gasteiger charge is 2.29. The van der Waals surface area contributed by atoms with Crippen LogP contribution >= 0.6 is 0 Å². The number of H-pyrrole nitrogens is 1. The van der Waals surface area contributed by atoms with Gasteiger partial charge in [-0.1, -0.05) is 24.3 Å². The third kappa shape index (κ3) is 7.64. The van der Waals surface area contributed by atoms with Crippen molar-refractivity contribution in [2.75, 3.05) is 40.3 Å². The maximum absolute atomic E-state index is 13.6. The molecular weight excluding hydrogens is 628 g/mol. The van der Waals surface area contributed by atoms with Gasteiger partial charge in [0.15, 0.2) is 11.5 Å². The van der Waals surface area contributed by atoms with Crippen molar-refractivity contribution in [2.24, 2.45) is 0 Å². The maximum Gasteiger partial charge on any atom is 0.328 e. The first kappa shape index (κ1) is 34.8. The van der Waals surface area contributed by atoms with E-state index < -0.39 is 18.1 Å². The Kier molecular flexibility index (Phi) is 11.1. The zero-order valence-electron chi connectivity index (χ0n) is 28.4. The predicted octanol–water partition coefficient (Wildman–Crippen LogP) is 4.44. The zero-order chi connectivity index (χ0) is 35.1. The first-order valence-electron chi connectivity index (χ1n) is 16.1. The summed E-state index contributed by atoms with van der Waals surface area (Å²) in [4.78, 5) is 54.4. The number of carbonyl (C=O) groups is 3. The molecule has 258 valence electrons. The van der Waals surface area contributed by atoms with Gasteiger partial charge in [0, 0.05) is 49.0 Å². The average Bonchev–Trinajstić information content (AvgIpc) is 3.36. The molecule has 2 amide bonds. The van der Waals surface area contributed by atoms with Crippen LogP contribution in [0, 0.1) is 0 Å². The van der Waals surface area contributed by atoms with Crippen molar-refractivity contribution in [2.45, 2.75) is 51.1 Å². The summed E-state index contributed by atoms with van der Waals surface area (Å²) in [5.41, 5.74) is 4.96. The fourth-order valence-electron chi connectivity index (χ4n) is 6.45. The first-order valence-corrected chi connectivity index (χ1v) is 16.1. The number of aromatic nitrogens is 1. The van der Waals surface area contributed by atoms with Gasteiger partial charge in [0.05, 0.1) is 40.2 Å². The molecule has 3 aromatic carbocycles. The molecule has 5 rings (SSSR count). The van der Waals surface area contributed by atoms with E-state index in [1.807, 2.05) is 42.6 Å². The van der Waals surface area contributed by atoms with E-state index in [4.69, 9.17) is 18.9 Å². The predicted molar refractivity (Wildman–Crippen MR) is 186 cm³/mol. The molecular formula is C37H42N4O8. The summed E-state index contributed by atoms with van der Waals surface area (Å²) >= 11 is 0. The summed E-state index contributed by atoms with van der Waals surface area (Å²) in [7, 11) is 5.94. The minimum atomic E-state index is -0.850. The van der Waals surface area contributed by atoms with Gasteiger partial charge in [-0.2, -0.15) is 0 Å². The van der Waals surface area contributed by atoms with Gasteiger partial charge in [0.2, 0.25) is 23.0 Å². The van der Waals surface area contributed by atoms with E-state index in [1.165, 1.54) is 21.1 Å². The van der Waals surface area contributed by atoms with E-state index >= 15 is 0 Å². The lowest BCUT2D eigenvalue weighted by molar-refractivity contribution is -0.145. The quantitative estimate of drug-likeness (QED) is 0.119. The number of ether oxygens (including phenoxy) is 4. The first-order chi connectivity index (χ1) is 23.7. The van der Waals surface area contributed by atoms with Crippen molar-refractivity contribution in [1.82, 2.24) is 15.6 Å². The summed E-state index contributed by atoms with van der Waals surface area (Å²) in [5, 5.41) is 9.95. The number of methoxy groups -OCH3 is 4. The lowest BCUT2D eigenvalue weighted by atomic mass is 9.95. The van der Waals surface area contributed by atoms with Crippen LogP contribution in [0.3, 0.4) is 0 Å². The van der Waals surface area contributed by atoms with E-state index in [9.17, 15) is 19.2 Å². The van der Waals surface area contributed by atoms with E-state index in [1.54, 1.807) is 26.4 Å². The van der Waals surface area contributed by atoms with Crippen LogP contribution in [0.2, 0.25) is 0 Å². The highest BCUT2D eigenvalue weighted by molar-refractivity contribution is 5.87.